The van der Waals surface area contributed by atoms with Crippen molar-refractivity contribution >= 4 is 23.2 Å². The summed E-state index contributed by atoms with van der Waals surface area (Å²) in [7, 11) is 2.03. The van der Waals surface area contributed by atoms with Gasteiger partial charge in [0.2, 0.25) is 0 Å². The van der Waals surface area contributed by atoms with Crippen molar-refractivity contribution < 1.29 is 4.42 Å². The molecule has 0 aliphatic rings. The fourth-order valence-electron chi connectivity index (χ4n) is 1.83. The molecular formula is C14H15Cl2NO. The predicted octanol–water partition coefficient (Wildman–Crippen LogP) is 4.53. The third-order valence-electron chi connectivity index (χ3n) is 2.68. The molecule has 0 bridgehead atoms. The lowest BCUT2D eigenvalue weighted by Gasteiger charge is -2.16. The van der Waals surface area contributed by atoms with Crippen molar-refractivity contribution in [1.29, 1.82) is 0 Å². The van der Waals surface area contributed by atoms with E-state index in [9.17, 15) is 0 Å². The van der Waals surface area contributed by atoms with Crippen LogP contribution in [0.3, 0.4) is 0 Å². The standard InChI is InChI=1S/C14H15Cl2NO/c1-10-3-6-13(18-10)9-17(2)8-11-4-5-12(15)7-14(11)16/h3-7H,8-9H2,1-2H3. The van der Waals surface area contributed by atoms with E-state index >= 15 is 0 Å². The Labute approximate surface area is 117 Å². The first-order valence-corrected chi connectivity index (χ1v) is 6.48. The van der Waals surface area contributed by atoms with Crippen LogP contribution in [0.15, 0.2) is 34.7 Å². The maximum atomic E-state index is 6.15. The number of hydrogen-bond acceptors (Lipinski definition) is 2. The van der Waals surface area contributed by atoms with Gasteiger partial charge in [0.05, 0.1) is 6.54 Å². The summed E-state index contributed by atoms with van der Waals surface area (Å²) in [6, 6.07) is 9.54. The molecule has 1 aromatic carbocycles. The quantitative estimate of drug-likeness (QED) is 0.820. The minimum atomic E-state index is 0.660. The van der Waals surface area contributed by atoms with Crippen LogP contribution in [0.1, 0.15) is 17.1 Å². The zero-order valence-corrected chi connectivity index (χ0v) is 11.9. The molecule has 2 rings (SSSR count). The van der Waals surface area contributed by atoms with Crippen LogP contribution in [-0.2, 0) is 13.1 Å². The second-order valence-corrected chi connectivity index (χ2v) is 5.26. The van der Waals surface area contributed by atoms with Gasteiger partial charge >= 0.3 is 0 Å². The Hall–Kier alpha value is -0.960. The van der Waals surface area contributed by atoms with Crippen LogP contribution in [0.2, 0.25) is 10.0 Å². The molecular weight excluding hydrogens is 269 g/mol. The van der Waals surface area contributed by atoms with E-state index in [1.54, 1.807) is 6.07 Å². The van der Waals surface area contributed by atoms with Crippen molar-refractivity contribution in [2.24, 2.45) is 0 Å². The first-order valence-electron chi connectivity index (χ1n) is 5.72. The molecule has 4 heteroatoms. The molecule has 2 aromatic rings. The van der Waals surface area contributed by atoms with Crippen molar-refractivity contribution in [1.82, 2.24) is 4.90 Å². The third kappa shape index (κ3) is 3.52. The van der Waals surface area contributed by atoms with E-state index in [-0.39, 0.29) is 0 Å². The van der Waals surface area contributed by atoms with Crippen molar-refractivity contribution in [3.05, 3.63) is 57.5 Å². The smallest absolute Gasteiger partial charge is 0.118 e. The lowest BCUT2D eigenvalue weighted by atomic mass is 10.2. The van der Waals surface area contributed by atoms with Crippen LogP contribution in [0.25, 0.3) is 0 Å². The molecule has 1 aromatic heterocycles. The van der Waals surface area contributed by atoms with Gasteiger partial charge in [-0.25, -0.2) is 0 Å². The zero-order chi connectivity index (χ0) is 13.1. The Bertz CT molecular complexity index is 536. The zero-order valence-electron chi connectivity index (χ0n) is 10.4. The lowest BCUT2D eigenvalue weighted by molar-refractivity contribution is 0.285. The Morgan fingerprint density at radius 2 is 1.89 bits per heavy atom. The highest BCUT2D eigenvalue weighted by Gasteiger charge is 2.07. The normalized spacial score (nSPS) is 11.2. The molecule has 0 fully saturated rings. The fraction of sp³-hybridized carbons (Fsp3) is 0.286. The van der Waals surface area contributed by atoms with Crippen molar-refractivity contribution in [3.63, 3.8) is 0 Å². The monoisotopic (exact) mass is 283 g/mol. The highest BCUT2D eigenvalue weighted by molar-refractivity contribution is 6.35. The van der Waals surface area contributed by atoms with Crippen LogP contribution < -0.4 is 0 Å². The van der Waals surface area contributed by atoms with Crippen molar-refractivity contribution in [2.75, 3.05) is 7.05 Å². The molecule has 0 aliphatic heterocycles. The van der Waals surface area contributed by atoms with E-state index in [0.717, 1.165) is 30.2 Å². The van der Waals surface area contributed by atoms with Gasteiger partial charge in [-0.1, -0.05) is 29.3 Å². The number of nitrogens with zero attached hydrogens (tertiary/aromatic N) is 1. The summed E-state index contributed by atoms with van der Waals surface area (Å²) < 4.78 is 5.55. The SMILES string of the molecule is Cc1ccc(CN(C)Cc2ccc(Cl)cc2Cl)o1. The molecule has 0 spiro atoms. The summed E-state index contributed by atoms with van der Waals surface area (Å²) >= 11 is 12.0. The summed E-state index contributed by atoms with van der Waals surface area (Å²) in [4.78, 5) is 2.15. The lowest BCUT2D eigenvalue weighted by Crippen LogP contribution is -2.17. The molecule has 0 atom stereocenters. The summed E-state index contributed by atoms with van der Waals surface area (Å²) in [6.45, 7) is 3.46. The first kappa shape index (κ1) is 13.5. The molecule has 0 saturated carbocycles. The minimum absolute atomic E-state index is 0.660. The van der Waals surface area contributed by atoms with Gasteiger partial charge in [0, 0.05) is 16.6 Å². The van der Waals surface area contributed by atoms with E-state index in [1.165, 1.54) is 0 Å². The Balaban J connectivity index is 2.00. The molecule has 96 valence electrons. The van der Waals surface area contributed by atoms with Gasteiger partial charge in [-0.15, -0.1) is 0 Å². The number of furan rings is 1. The van der Waals surface area contributed by atoms with Gasteiger partial charge in [0.1, 0.15) is 11.5 Å². The maximum Gasteiger partial charge on any atom is 0.118 e. The van der Waals surface area contributed by atoms with Gasteiger partial charge in [-0.05, 0) is 43.8 Å². The van der Waals surface area contributed by atoms with Crippen molar-refractivity contribution in [3.8, 4) is 0 Å². The molecule has 0 N–H and O–H groups in total. The summed E-state index contributed by atoms with van der Waals surface area (Å²) in [5, 5.41) is 1.36. The number of hydrogen-bond donors (Lipinski definition) is 0. The largest absolute Gasteiger partial charge is 0.465 e. The summed E-state index contributed by atoms with van der Waals surface area (Å²) in [5.41, 5.74) is 1.06. The van der Waals surface area contributed by atoms with E-state index in [0.29, 0.717) is 10.0 Å². The first-order chi connectivity index (χ1) is 8.54. The van der Waals surface area contributed by atoms with Crippen LogP contribution in [-0.4, -0.2) is 11.9 Å². The van der Waals surface area contributed by atoms with Crippen LogP contribution >= 0.6 is 23.2 Å². The van der Waals surface area contributed by atoms with E-state index in [1.807, 2.05) is 38.2 Å². The van der Waals surface area contributed by atoms with E-state index < -0.39 is 0 Å². The number of halogens is 2. The summed E-state index contributed by atoms with van der Waals surface area (Å²) in [6.07, 6.45) is 0. The topological polar surface area (TPSA) is 16.4 Å². The van der Waals surface area contributed by atoms with Gasteiger partial charge < -0.3 is 4.42 Å². The van der Waals surface area contributed by atoms with Gasteiger partial charge in [-0.2, -0.15) is 0 Å². The Kier molecular flexibility index (Phi) is 4.33. The predicted molar refractivity (Wildman–Crippen MR) is 75.1 cm³/mol. The van der Waals surface area contributed by atoms with Gasteiger partial charge in [0.15, 0.2) is 0 Å². The fourth-order valence-corrected chi connectivity index (χ4v) is 2.30. The van der Waals surface area contributed by atoms with Crippen LogP contribution in [0, 0.1) is 6.92 Å². The van der Waals surface area contributed by atoms with Gasteiger partial charge in [0.25, 0.3) is 0 Å². The molecule has 0 unspecified atom stereocenters. The highest BCUT2D eigenvalue weighted by Crippen LogP contribution is 2.22. The Morgan fingerprint density at radius 1 is 1.11 bits per heavy atom. The maximum absolute atomic E-state index is 6.15. The molecule has 0 amide bonds. The van der Waals surface area contributed by atoms with E-state index in [4.69, 9.17) is 27.6 Å². The van der Waals surface area contributed by atoms with Gasteiger partial charge in [-0.3, -0.25) is 4.90 Å². The Morgan fingerprint density at radius 3 is 2.50 bits per heavy atom. The molecule has 1 heterocycles. The van der Waals surface area contributed by atoms with Crippen LogP contribution in [0.5, 0.6) is 0 Å². The summed E-state index contributed by atoms with van der Waals surface area (Å²) in [5.74, 6) is 1.89. The molecule has 18 heavy (non-hydrogen) atoms. The number of rotatable bonds is 4. The minimum Gasteiger partial charge on any atom is -0.465 e. The second kappa shape index (κ2) is 5.79. The van der Waals surface area contributed by atoms with E-state index in [2.05, 4.69) is 4.90 Å². The second-order valence-electron chi connectivity index (χ2n) is 4.42. The number of benzene rings is 1. The number of aryl methyl sites for hydroxylation is 1. The molecule has 0 radical (unpaired) electrons. The average Bonchev–Trinajstić information content (AvgIpc) is 2.68. The molecule has 0 aliphatic carbocycles. The van der Waals surface area contributed by atoms with Crippen molar-refractivity contribution in [2.45, 2.75) is 20.0 Å². The molecule has 0 saturated heterocycles. The average molecular weight is 284 g/mol. The highest BCUT2D eigenvalue weighted by atomic mass is 35.5. The third-order valence-corrected chi connectivity index (χ3v) is 3.26. The van der Waals surface area contributed by atoms with Crippen LogP contribution in [0.4, 0.5) is 0 Å². The molecule has 2 nitrogen and oxygen atoms in total.